The van der Waals surface area contributed by atoms with Crippen molar-refractivity contribution in [3.05, 3.63) is 111 Å². The largest absolute Gasteiger partial charge is 0.416 e. The highest BCUT2D eigenvalue weighted by molar-refractivity contribution is 5.77. The van der Waals surface area contributed by atoms with E-state index >= 15 is 0 Å². The van der Waals surface area contributed by atoms with Gasteiger partial charge in [0.2, 0.25) is 5.91 Å². The molecule has 1 amide bonds. The SMILES string of the molecule is CC(C)Nc1ncc(-c2cc(N)cc(C(F)(F)F)c2)n(CC(=O)NCc2ccc(C(N)N(C)OCc3ccc(F)cc3)cc2)c1=O. The van der Waals surface area contributed by atoms with Crippen molar-refractivity contribution in [1.82, 2.24) is 19.9 Å². The number of aromatic nitrogens is 2. The van der Waals surface area contributed by atoms with Gasteiger partial charge in [0.25, 0.3) is 5.56 Å². The molecular weight excluding hydrogens is 606 g/mol. The van der Waals surface area contributed by atoms with Crippen LogP contribution < -0.4 is 27.7 Å². The number of amides is 1. The average Bonchev–Trinajstić information content (AvgIpc) is 3.00. The van der Waals surface area contributed by atoms with Gasteiger partial charge in [-0.1, -0.05) is 36.4 Å². The van der Waals surface area contributed by atoms with E-state index in [4.69, 9.17) is 16.3 Å². The molecule has 0 fully saturated rings. The summed E-state index contributed by atoms with van der Waals surface area (Å²) in [4.78, 5) is 36.2. The summed E-state index contributed by atoms with van der Waals surface area (Å²) >= 11 is 0. The fraction of sp³-hybridized carbons (Fsp3) is 0.281. The Morgan fingerprint density at radius 1 is 1.04 bits per heavy atom. The number of nitrogens with two attached hydrogens (primary N) is 2. The van der Waals surface area contributed by atoms with Crippen molar-refractivity contribution in [3.63, 3.8) is 0 Å². The molecule has 0 spiro atoms. The topological polar surface area (TPSA) is 141 Å². The number of hydrogen-bond donors (Lipinski definition) is 4. The summed E-state index contributed by atoms with van der Waals surface area (Å²) in [5.41, 5.74) is 12.4. The van der Waals surface area contributed by atoms with Gasteiger partial charge in [-0.15, -0.1) is 0 Å². The maximum Gasteiger partial charge on any atom is 0.416 e. The van der Waals surface area contributed by atoms with Gasteiger partial charge >= 0.3 is 6.18 Å². The third-order valence-corrected chi connectivity index (χ3v) is 6.91. The quantitative estimate of drug-likeness (QED) is 0.0748. The summed E-state index contributed by atoms with van der Waals surface area (Å²) in [5, 5.41) is 7.11. The zero-order valence-corrected chi connectivity index (χ0v) is 25.4. The predicted molar refractivity (Wildman–Crippen MR) is 166 cm³/mol. The minimum absolute atomic E-state index is 0.00337. The molecule has 0 aliphatic carbocycles. The van der Waals surface area contributed by atoms with Crippen LogP contribution in [0.3, 0.4) is 0 Å². The van der Waals surface area contributed by atoms with Crippen LogP contribution in [-0.4, -0.2) is 33.6 Å². The summed E-state index contributed by atoms with van der Waals surface area (Å²) in [7, 11) is 1.67. The fourth-order valence-electron chi connectivity index (χ4n) is 4.49. The van der Waals surface area contributed by atoms with Gasteiger partial charge in [-0.3, -0.25) is 19.0 Å². The van der Waals surface area contributed by atoms with E-state index in [0.717, 1.165) is 33.4 Å². The van der Waals surface area contributed by atoms with Crippen LogP contribution in [0.15, 0.2) is 77.7 Å². The number of halogens is 4. The molecule has 0 radical (unpaired) electrons. The lowest BCUT2D eigenvalue weighted by Gasteiger charge is -2.24. The number of nitrogens with zero attached hydrogens (tertiary/aromatic N) is 3. The van der Waals surface area contributed by atoms with Crippen LogP contribution in [0.25, 0.3) is 11.3 Å². The highest BCUT2D eigenvalue weighted by Gasteiger charge is 2.31. The van der Waals surface area contributed by atoms with Crippen molar-refractivity contribution in [2.45, 2.75) is 51.9 Å². The standard InChI is InChI=1S/C32H35F4N7O3/c1-19(2)41-30-31(45)43(27(16-40-30)23-12-24(32(34,35)36)14-26(37)13-23)17-28(44)39-15-20-4-8-22(9-5-20)29(38)42(3)46-18-21-6-10-25(33)11-7-21/h4-14,16,19,29H,15,17-18,37-38H2,1-3H3,(H,39,44)(H,40,41). The zero-order valence-electron chi connectivity index (χ0n) is 25.4. The van der Waals surface area contributed by atoms with Gasteiger partial charge in [-0.25, -0.2) is 9.37 Å². The number of hydrogen-bond acceptors (Lipinski definition) is 8. The van der Waals surface area contributed by atoms with Crippen molar-refractivity contribution in [3.8, 4) is 11.3 Å². The Balaban J connectivity index is 1.45. The Morgan fingerprint density at radius 2 is 1.70 bits per heavy atom. The number of carbonyl (C=O) groups excluding carboxylic acids is 1. The Bertz CT molecular complexity index is 1710. The number of nitrogens with one attached hydrogen (secondary N) is 2. The summed E-state index contributed by atoms with van der Waals surface area (Å²) in [5.74, 6) is -0.945. The molecule has 0 saturated carbocycles. The lowest BCUT2D eigenvalue weighted by atomic mass is 10.1. The van der Waals surface area contributed by atoms with Crippen molar-refractivity contribution >= 4 is 17.4 Å². The van der Waals surface area contributed by atoms with Crippen LogP contribution >= 0.6 is 0 Å². The Labute approximate surface area is 262 Å². The minimum Gasteiger partial charge on any atom is -0.399 e. The number of carbonyl (C=O) groups is 1. The van der Waals surface area contributed by atoms with Gasteiger partial charge in [0.15, 0.2) is 5.82 Å². The second kappa shape index (κ2) is 14.5. The third-order valence-electron chi connectivity index (χ3n) is 6.91. The van der Waals surface area contributed by atoms with E-state index in [1.54, 1.807) is 57.3 Å². The monoisotopic (exact) mass is 641 g/mol. The Morgan fingerprint density at radius 3 is 2.33 bits per heavy atom. The van der Waals surface area contributed by atoms with E-state index in [-0.39, 0.29) is 47.8 Å². The van der Waals surface area contributed by atoms with Crippen LogP contribution in [0.2, 0.25) is 0 Å². The van der Waals surface area contributed by atoms with E-state index in [9.17, 15) is 27.2 Å². The minimum atomic E-state index is -4.68. The number of rotatable bonds is 12. The first-order chi connectivity index (χ1) is 21.7. The number of nitrogen functional groups attached to an aromatic ring is 1. The van der Waals surface area contributed by atoms with Crippen LogP contribution in [0.1, 0.15) is 42.3 Å². The molecule has 0 aliphatic heterocycles. The lowest BCUT2D eigenvalue weighted by Crippen LogP contribution is -2.35. The average molecular weight is 642 g/mol. The molecule has 6 N–H and O–H groups in total. The first-order valence-corrected chi connectivity index (χ1v) is 14.3. The Hall–Kier alpha value is -4.79. The molecule has 14 heteroatoms. The number of alkyl halides is 3. The maximum absolute atomic E-state index is 13.5. The molecule has 4 aromatic rings. The molecule has 1 heterocycles. The summed E-state index contributed by atoms with van der Waals surface area (Å²) in [6.45, 7) is 3.40. The second-order valence-electron chi connectivity index (χ2n) is 10.9. The molecule has 1 aromatic heterocycles. The van der Waals surface area contributed by atoms with Crippen molar-refractivity contribution < 1.29 is 27.2 Å². The van der Waals surface area contributed by atoms with Gasteiger partial charge in [0.05, 0.1) is 24.1 Å². The third kappa shape index (κ3) is 8.90. The van der Waals surface area contributed by atoms with Crippen LogP contribution in [0.5, 0.6) is 0 Å². The molecule has 10 nitrogen and oxygen atoms in total. The van der Waals surface area contributed by atoms with Crippen LogP contribution in [0, 0.1) is 5.82 Å². The van der Waals surface area contributed by atoms with E-state index in [0.29, 0.717) is 0 Å². The first kappa shape index (κ1) is 34.1. The van der Waals surface area contributed by atoms with Gasteiger partial charge < -0.3 is 22.1 Å². The summed E-state index contributed by atoms with van der Waals surface area (Å²) < 4.78 is 54.7. The Kier molecular flexibility index (Phi) is 10.8. The molecule has 1 unspecified atom stereocenters. The predicted octanol–water partition coefficient (Wildman–Crippen LogP) is 4.81. The molecule has 0 bridgehead atoms. The lowest BCUT2D eigenvalue weighted by molar-refractivity contribution is -0.178. The van der Waals surface area contributed by atoms with Crippen LogP contribution in [0.4, 0.5) is 29.1 Å². The normalized spacial score (nSPS) is 12.4. The summed E-state index contributed by atoms with van der Waals surface area (Å²) in [6.07, 6.45) is -4.05. The van der Waals surface area contributed by atoms with Crippen molar-refractivity contribution in [1.29, 1.82) is 0 Å². The molecule has 4 rings (SSSR count). The van der Waals surface area contributed by atoms with E-state index in [1.165, 1.54) is 29.5 Å². The van der Waals surface area contributed by atoms with E-state index in [1.807, 2.05) is 0 Å². The molecule has 46 heavy (non-hydrogen) atoms. The van der Waals surface area contributed by atoms with Crippen LogP contribution in [-0.2, 0) is 35.5 Å². The zero-order chi connectivity index (χ0) is 33.6. The second-order valence-corrected chi connectivity index (χ2v) is 10.9. The van der Waals surface area contributed by atoms with Gasteiger partial charge in [-0.05, 0) is 60.9 Å². The number of hydroxylamine groups is 2. The van der Waals surface area contributed by atoms with Gasteiger partial charge in [-0.2, -0.15) is 18.2 Å². The van der Waals surface area contributed by atoms with Crippen molar-refractivity contribution in [2.24, 2.45) is 5.73 Å². The van der Waals surface area contributed by atoms with E-state index in [2.05, 4.69) is 15.6 Å². The number of benzene rings is 3. The smallest absolute Gasteiger partial charge is 0.399 e. The number of anilines is 2. The van der Waals surface area contributed by atoms with Crippen molar-refractivity contribution in [2.75, 3.05) is 18.1 Å². The molecule has 3 aromatic carbocycles. The fourth-order valence-corrected chi connectivity index (χ4v) is 4.49. The first-order valence-electron chi connectivity index (χ1n) is 14.3. The highest BCUT2D eigenvalue weighted by atomic mass is 19.4. The molecule has 1 atom stereocenters. The van der Waals surface area contributed by atoms with Gasteiger partial charge in [0.1, 0.15) is 18.5 Å². The molecular formula is C32H35F4N7O3. The maximum atomic E-state index is 13.5. The molecule has 0 saturated heterocycles. The van der Waals surface area contributed by atoms with Gasteiger partial charge in [0, 0.05) is 30.9 Å². The summed E-state index contributed by atoms with van der Waals surface area (Å²) in [6, 6.07) is 15.8. The molecule has 0 aliphatic rings. The van der Waals surface area contributed by atoms with E-state index < -0.39 is 35.9 Å². The highest BCUT2D eigenvalue weighted by Crippen LogP contribution is 2.34. The molecule has 244 valence electrons.